The molecule has 1 unspecified atom stereocenters. The van der Waals surface area contributed by atoms with Gasteiger partial charge in [0.05, 0.1) is 38.4 Å². The molecule has 0 aromatic carbocycles. The van der Waals surface area contributed by atoms with Crippen molar-refractivity contribution in [3.63, 3.8) is 0 Å². The number of carbonyl (C=O) groups excluding carboxylic acids is 1. The molecule has 0 saturated carbocycles. The van der Waals surface area contributed by atoms with E-state index < -0.39 is 12.0 Å². The molecule has 1 N–H and O–H groups in total. The molecule has 1 aliphatic heterocycles. The molecular weight excluding hydrogens is 276 g/mol. The van der Waals surface area contributed by atoms with Gasteiger partial charge in [0.15, 0.2) is 0 Å². The minimum atomic E-state index is -0.932. The summed E-state index contributed by atoms with van der Waals surface area (Å²) in [4.78, 5) is 26.5. The molecular formula is C13H20N4O4. The highest BCUT2D eigenvalue weighted by molar-refractivity contribution is 5.76. The van der Waals surface area contributed by atoms with Crippen molar-refractivity contribution in [3.8, 4) is 0 Å². The second kappa shape index (κ2) is 6.57. The van der Waals surface area contributed by atoms with Crippen LogP contribution in [0.4, 0.5) is 4.79 Å². The Hall–Kier alpha value is -2.09. The average Bonchev–Trinajstić information content (AvgIpc) is 2.83. The van der Waals surface area contributed by atoms with Crippen LogP contribution in [0.25, 0.3) is 0 Å². The van der Waals surface area contributed by atoms with E-state index in [9.17, 15) is 9.59 Å². The van der Waals surface area contributed by atoms with E-state index in [1.807, 2.05) is 13.2 Å². The monoisotopic (exact) mass is 296 g/mol. The summed E-state index contributed by atoms with van der Waals surface area (Å²) in [7, 11) is 3.51. The Labute approximate surface area is 122 Å². The van der Waals surface area contributed by atoms with E-state index in [0.717, 1.165) is 5.56 Å². The lowest BCUT2D eigenvalue weighted by molar-refractivity contribution is -0.139. The summed E-state index contributed by atoms with van der Waals surface area (Å²) in [6, 6.07) is -0.603. The van der Waals surface area contributed by atoms with Crippen molar-refractivity contribution in [2.24, 2.45) is 7.05 Å². The maximum absolute atomic E-state index is 12.5. The zero-order chi connectivity index (χ0) is 15.4. The van der Waals surface area contributed by atoms with Gasteiger partial charge in [0.2, 0.25) is 0 Å². The number of aliphatic carboxylic acids is 1. The van der Waals surface area contributed by atoms with Crippen LogP contribution in [0.2, 0.25) is 0 Å². The van der Waals surface area contributed by atoms with Gasteiger partial charge in [0, 0.05) is 32.4 Å². The highest BCUT2D eigenvalue weighted by Gasteiger charge is 2.30. The van der Waals surface area contributed by atoms with Crippen molar-refractivity contribution in [1.82, 2.24) is 19.6 Å². The van der Waals surface area contributed by atoms with E-state index in [1.54, 1.807) is 27.7 Å². The lowest BCUT2D eigenvalue weighted by Gasteiger charge is -2.37. The van der Waals surface area contributed by atoms with Gasteiger partial charge in [-0.05, 0) is 0 Å². The molecule has 1 aromatic rings. The van der Waals surface area contributed by atoms with E-state index in [-0.39, 0.29) is 19.1 Å². The third kappa shape index (κ3) is 3.94. The zero-order valence-corrected chi connectivity index (χ0v) is 12.2. The van der Waals surface area contributed by atoms with Crippen LogP contribution in [0.1, 0.15) is 12.0 Å². The Kier molecular flexibility index (Phi) is 4.79. The first-order valence-electron chi connectivity index (χ1n) is 6.76. The van der Waals surface area contributed by atoms with Gasteiger partial charge in [-0.3, -0.25) is 9.48 Å². The molecule has 2 heterocycles. The number of urea groups is 1. The number of aryl methyl sites for hydroxylation is 1. The molecule has 2 amide bonds. The Morgan fingerprint density at radius 1 is 1.57 bits per heavy atom. The predicted molar refractivity (Wildman–Crippen MR) is 73.6 cm³/mol. The zero-order valence-electron chi connectivity index (χ0n) is 12.2. The van der Waals surface area contributed by atoms with E-state index in [0.29, 0.717) is 19.7 Å². The maximum atomic E-state index is 12.5. The number of ether oxygens (including phenoxy) is 1. The summed E-state index contributed by atoms with van der Waals surface area (Å²) >= 11 is 0. The molecule has 21 heavy (non-hydrogen) atoms. The number of hydrogen-bond donors (Lipinski definition) is 1. The average molecular weight is 296 g/mol. The largest absolute Gasteiger partial charge is 0.481 e. The minimum absolute atomic E-state index is 0.105. The highest BCUT2D eigenvalue weighted by Crippen LogP contribution is 2.14. The number of morpholine rings is 1. The topological polar surface area (TPSA) is 87.9 Å². The van der Waals surface area contributed by atoms with Crippen molar-refractivity contribution in [2.75, 3.05) is 26.8 Å². The summed E-state index contributed by atoms with van der Waals surface area (Å²) in [5.74, 6) is -0.932. The SMILES string of the molecule is CN(Cc1cnn(C)c1)C(=O)N1CCOCC1CC(=O)O. The first-order chi connectivity index (χ1) is 9.97. The van der Waals surface area contributed by atoms with Gasteiger partial charge in [-0.25, -0.2) is 4.79 Å². The molecule has 0 spiro atoms. The number of carbonyl (C=O) groups is 2. The molecule has 116 valence electrons. The second-order valence-corrected chi connectivity index (χ2v) is 5.18. The molecule has 0 bridgehead atoms. The summed E-state index contributed by atoms with van der Waals surface area (Å²) in [5, 5.41) is 13.0. The third-order valence-corrected chi connectivity index (χ3v) is 3.39. The van der Waals surface area contributed by atoms with Gasteiger partial charge >= 0.3 is 12.0 Å². The van der Waals surface area contributed by atoms with Crippen molar-refractivity contribution in [3.05, 3.63) is 18.0 Å². The number of aromatic nitrogens is 2. The molecule has 2 rings (SSSR count). The number of rotatable bonds is 4. The molecule has 8 nitrogen and oxygen atoms in total. The van der Waals surface area contributed by atoms with Crippen molar-refractivity contribution in [1.29, 1.82) is 0 Å². The Balaban J connectivity index is 2.00. The summed E-state index contributed by atoms with van der Waals surface area (Å²) in [6.45, 7) is 1.54. The van der Waals surface area contributed by atoms with Gasteiger partial charge in [-0.15, -0.1) is 0 Å². The van der Waals surface area contributed by atoms with E-state index in [4.69, 9.17) is 9.84 Å². The quantitative estimate of drug-likeness (QED) is 0.854. The molecule has 1 fully saturated rings. The van der Waals surface area contributed by atoms with Crippen LogP contribution in [0.3, 0.4) is 0 Å². The number of nitrogens with zero attached hydrogens (tertiary/aromatic N) is 4. The van der Waals surface area contributed by atoms with E-state index >= 15 is 0 Å². The minimum Gasteiger partial charge on any atom is -0.481 e. The van der Waals surface area contributed by atoms with Crippen LogP contribution in [0.15, 0.2) is 12.4 Å². The van der Waals surface area contributed by atoms with Crippen LogP contribution in [0, 0.1) is 0 Å². The van der Waals surface area contributed by atoms with Gasteiger partial charge in [-0.1, -0.05) is 0 Å². The molecule has 8 heteroatoms. The highest BCUT2D eigenvalue weighted by atomic mass is 16.5. The molecule has 1 aliphatic rings. The van der Waals surface area contributed by atoms with Crippen molar-refractivity contribution < 1.29 is 19.4 Å². The van der Waals surface area contributed by atoms with Crippen LogP contribution in [-0.4, -0.2) is 69.5 Å². The molecule has 0 aliphatic carbocycles. The molecule has 1 aromatic heterocycles. The van der Waals surface area contributed by atoms with Crippen LogP contribution < -0.4 is 0 Å². The summed E-state index contributed by atoms with van der Waals surface area (Å²) < 4.78 is 6.95. The smallest absolute Gasteiger partial charge is 0.320 e. The predicted octanol–water partition coefficient (Wildman–Crippen LogP) is 0.147. The molecule has 0 radical (unpaired) electrons. The second-order valence-electron chi connectivity index (χ2n) is 5.18. The number of amides is 2. The van der Waals surface area contributed by atoms with Gasteiger partial charge in [0.25, 0.3) is 0 Å². The fourth-order valence-corrected chi connectivity index (χ4v) is 2.39. The van der Waals surface area contributed by atoms with Crippen LogP contribution in [-0.2, 0) is 23.1 Å². The Morgan fingerprint density at radius 3 is 2.95 bits per heavy atom. The Bertz CT molecular complexity index is 516. The maximum Gasteiger partial charge on any atom is 0.320 e. The first kappa shape index (κ1) is 15.3. The van der Waals surface area contributed by atoms with Crippen molar-refractivity contribution >= 4 is 12.0 Å². The number of carboxylic acid groups (broad SMARTS) is 1. The van der Waals surface area contributed by atoms with Gasteiger partial charge in [0.1, 0.15) is 0 Å². The summed E-state index contributed by atoms with van der Waals surface area (Å²) in [5.41, 5.74) is 0.927. The normalized spacial score (nSPS) is 18.6. The number of carboxylic acids is 1. The van der Waals surface area contributed by atoms with Crippen LogP contribution >= 0.6 is 0 Å². The van der Waals surface area contributed by atoms with Crippen LogP contribution in [0.5, 0.6) is 0 Å². The lowest BCUT2D eigenvalue weighted by atomic mass is 10.1. The lowest BCUT2D eigenvalue weighted by Crippen LogP contribution is -2.53. The van der Waals surface area contributed by atoms with E-state index in [2.05, 4.69) is 5.10 Å². The fraction of sp³-hybridized carbons (Fsp3) is 0.615. The van der Waals surface area contributed by atoms with Crippen molar-refractivity contribution in [2.45, 2.75) is 19.0 Å². The molecule has 1 atom stereocenters. The van der Waals surface area contributed by atoms with E-state index in [1.165, 1.54) is 0 Å². The first-order valence-corrected chi connectivity index (χ1v) is 6.76. The fourth-order valence-electron chi connectivity index (χ4n) is 2.39. The third-order valence-electron chi connectivity index (χ3n) is 3.39. The number of hydrogen-bond acceptors (Lipinski definition) is 4. The standard InChI is InChI=1S/C13H20N4O4/c1-15(7-10-6-14-16(2)8-10)13(20)17-3-4-21-9-11(17)5-12(18)19/h6,8,11H,3-5,7,9H2,1-2H3,(H,18,19). The van der Waals surface area contributed by atoms with Gasteiger partial charge < -0.3 is 19.6 Å². The molecule has 1 saturated heterocycles. The summed E-state index contributed by atoms with van der Waals surface area (Å²) in [6.07, 6.45) is 3.45. The Morgan fingerprint density at radius 2 is 2.33 bits per heavy atom. The van der Waals surface area contributed by atoms with Gasteiger partial charge in [-0.2, -0.15) is 5.10 Å².